The van der Waals surface area contributed by atoms with Crippen LogP contribution >= 0.6 is 0 Å². The van der Waals surface area contributed by atoms with E-state index >= 15 is 0 Å². The number of carbonyl (C=O) groups excluding carboxylic acids is 1. The molecule has 0 N–H and O–H groups in total. The lowest BCUT2D eigenvalue weighted by Gasteiger charge is -2.33. The Hall–Kier alpha value is -0.370. The molecule has 1 aliphatic heterocycles. The number of ketones is 1. The van der Waals surface area contributed by atoms with Gasteiger partial charge in [0.05, 0.1) is 6.10 Å². The molecule has 2 heteroatoms. The summed E-state index contributed by atoms with van der Waals surface area (Å²) < 4.78 is 5.47. The van der Waals surface area contributed by atoms with Crippen LogP contribution in [0.3, 0.4) is 0 Å². The minimum absolute atomic E-state index is 0.369. The van der Waals surface area contributed by atoms with Crippen LogP contribution in [0.25, 0.3) is 0 Å². The lowest BCUT2D eigenvalue weighted by atomic mass is 9.82. The van der Waals surface area contributed by atoms with Crippen molar-refractivity contribution in [3.8, 4) is 0 Å². The van der Waals surface area contributed by atoms with Gasteiger partial charge in [0.25, 0.3) is 0 Å². The molecular weight excluding hydrogens is 140 g/mol. The van der Waals surface area contributed by atoms with Gasteiger partial charge in [0.1, 0.15) is 6.61 Å². The fourth-order valence-corrected chi connectivity index (χ4v) is 3.14. The maximum absolute atomic E-state index is 11.3. The highest BCUT2D eigenvalue weighted by molar-refractivity contribution is 5.83. The van der Waals surface area contributed by atoms with E-state index in [2.05, 4.69) is 0 Å². The molecule has 3 rings (SSSR count). The van der Waals surface area contributed by atoms with E-state index in [0.29, 0.717) is 30.3 Å². The monoisotopic (exact) mass is 152 g/mol. The fourth-order valence-electron chi connectivity index (χ4n) is 3.14. The Morgan fingerprint density at radius 2 is 2.18 bits per heavy atom. The van der Waals surface area contributed by atoms with Gasteiger partial charge in [-0.15, -0.1) is 0 Å². The highest BCUT2D eigenvalue weighted by Crippen LogP contribution is 2.51. The summed E-state index contributed by atoms with van der Waals surface area (Å²) in [5.74, 6) is 2.20. The molecule has 0 amide bonds. The van der Waals surface area contributed by atoms with E-state index in [4.69, 9.17) is 4.74 Å². The summed E-state index contributed by atoms with van der Waals surface area (Å²) in [6.45, 7) is 0.401. The normalized spacial score (nSPS) is 53.6. The Morgan fingerprint density at radius 3 is 2.91 bits per heavy atom. The van der Waals surface area contributed by atoms with Gasteiger partial charge >= 0.3 is 0 Å². The number of ether oxygens (including phenoxy) is 1. The van der Waals surface area contributed by atoms with Gasteiger partial charge in [-0.3, -0.25) is 4.79 Å². The Kier molecular flexibility index (Phi) is 1.05. The van der Waals surface area contributed by atoms with Gasteiger partial charge in [0, 0.05) is 5.92 Å². The minimum atomic E-state index is 0.369. The summed E-state index contributed by atoms with van der Waals surface area (Å²) in [6, 6.07) is 0. The Balaban J connectivity index is 1.95. The molecule has 2 bridgehead atoms. The average molecular weight is 152 g/mol. The van der Waals surface area contributed by atoms with Gasteiger partial charge in [-0.2, -0.15) is 0 Å². The Morgan fingerprint density at radius 1 is 1.27 bits per heavy atom. The first kappa shape index (κ1) is 6.18. The molecule has 60 valence electrons. The smallest absolute Gasteiger partial charge is 0.161 e. The standard InChI is InChI=1S/C9H12O2/c10-8-4-11-9-3-5-1-6(8)7(9)2-5/h5-7,9H,1-4H2. The van der Waals surface area contributed by atoms with Crippen LogP contribution in [0.2, 0.25) is 0 Å². The summed E-state index contributed by atoms with van der Waals surface area (Å²) in [6.07, 6.45) is 4.12. The first-order valence-electron chi connectivity index (χ1n) is 4.49. The number of hydrogen-bond donors (Lipinski definition) is 0. The van der Waals surface area contributed by atoms with Crippen molar-refractivity contribution in [1.82, 2.24) is 0 Å². The van der Waals surface area contributed by atoms with E-state index in [-0.39, 0.29) is 0 Å². The van der Waals surface area contributed by atoms with E-state index < -0.39 is 0 Å². The largest absolute Gasteiger partial charge is 0.370 e. The third kappa shape index (κ3) is 0.684. The van der Waals surface area contributed by atoms with Crippen LogP contribution in [-0.4, -0.2) is 18.5 Å². The summed E-state index contributed by atoms with van der Waals surface area (Å²) in [5, 5.41) is 0. The van der Waals surface area contributed by atoms with Crippen LogP contribution in [0.15, 0.2) is 0 Å². The zero-order chi connectivity index (χ0) is 7.42. The van der Waals surface area contributed by atoms with Gasteiger partial charge in [-0.25, -0.2) is 0 Å². The molecular formula is C9H12O2. The van der Waals surface area contributed by atoms with Gasteiger partial charge in [0.15, 0.2) is 5.78 Å². The molecule has 1 saturated heterocycles. The average Bonchev–Trinajstić information content (AvgIpc) is 2.54. The third-order valence-electron chi connectivity index (χ3n) is 3.61. The second-order valence-corrected chi connectivity index (χ2v) is 4.16. The molecule has 0 radical (unpaired) electrons. The van der Waals surface area contributed by atoms with Crippen LogP contribution in [0.5, 0.6) is 0 Å². The van der Waals surface area contributed by atoms with Crippen molar-refractivity contribution in [2.24, 2.45) is 17.8 Å². The van der Waals surface area contributed by atoms with Crippen LogP contribution in [0.1, 0.15) is 19.3 Å². The van der Waals surface area contributed by atoms with Crippen molar-refractivity contribution in [3.05, 3.63) is 0 Å². The van der Waals surface area contributed by atoms with E-state index in [0.717, 1.165) is 5.92 Å². The third-order valence-corrected chi connectivity index (χ3v) is 3.61. The SMILES string of the molecule is O=C1COC2CC3CC1C2C3. The van der Waals surface area contributed by atoms with Crippen LogP contribution in [-0.2, 0) is 9.53 Å². The van der Waals surface area contributed by atoms with Crippen molar-refractivity contribution in [3.63, 3.8) is 0 Å². The molecule has 4 unspecified atom stereocenters. The number of fused-ring (bicyclic) bond motifs is 1. The summed E-state index contributed by atoms with van der Waals surface area (Å²) in [7, 11) is 0. The summed E-state index contributed by atoms with van der Waals surface area (Å²) in [5.41, 5.74) is 0. The van der Waals surface area contributed by atoms with Gasteiger partial charge in [-0.1, -0.05) is 0 Å². The predicted octanol–water partition coefficient (Wildman–Crippen LogP) is 1.00. The number of hydrogen-bond acceptors (Lipinski definition) is 2. The van der Waals surface area contributed by atoms with Crippen molar-refractivity contribution in [1.29, 1.82) is 0 Å². The van der Waals surface area contributed by atoms with Gasteiger partial charge in [-0.05, 0) is 31.1 Å². The van der Waals surface area contributed by atoms with Crippen molar-refractivity contribution in [2.75, 3.05) is 6.61 Å². The minimum Gasteiger partial charge on any atom is -0.370 e. The van der Waals surface area contributed by atoms with Crippen LogP contribution in [0, 0.1) is 17.8 Å². The maximum Gasteiger partial charge on any atom is 0.161 e. The molecule has 3 aliphatic rings. The molecule has 3 fully saturated rings. The van der Waals surface area contributed by atoms with E-state index in [9.17, 15) is 4.79 Å². The zero-order valence-electron chi connectivity index (χ0n) is 6.45. The first-order chi connectivity index (χ1) is 5.34. The topological polar surface area (TPSA) is 26.3 Å². The fraction of sp³-hybridized carbons (Fsp3) is 0.889. The van der Waals surface area contributed by atoms with E-state index in [1.807, 2.05) is 0 Å². The van der Waals surface area contributed by atoms with E-state index in [1.54, 1.807) is 0 Å². The Labute approximate surface area is 65.9 Å². The molecule has 2 saturated carbocycles. The lowest BCUT2D eigenvalue weighted by molar-refractivity contribution is -0.144. The second kappa shape index (κ2) is 1.86. The van der Waals surface area contributed by atoms with Crippen molar-refractivity contribution in [2.45, 2.75) is 25.4 Å². The molecule has 0 spiro atoms. The number of carbonyl (C=O) groups is 1. The molecule has 0 aromatic heterocycles. The highest BCUT2D eigenvalue weighted by Gasteiger charge is 2.51. The molecule has 1 heterocycles. The molecule has 2 nitrogen and oxygen atoms in total. The van der Waals surface area contributed by atoms with Gasteiger partial charge in [0.2, 0.25) is 0 Å². The molecule has 0 aromatic rings. The van der Waals surface area contributed by atoms with Crippen molar-refractivity contribution >= 4 is 5.78 Å². The lowest BCUT2D eigenvalue weighted by Crippen LogP contribution is -2.40. The predicted molar refractivity (Wildman–Crippen MR) is 39.1 cm³/mol. The van der Waals surface area contributed by atoms with Crippen molar-refractivity contribution < 1.29 is 9.53 Å². The highest BCUT2D eigenvalue weighted by atomic mass is 16.5. The zero-order valence-corrected chi connectivity index (χ0v) is 6.45. The molecule has 4 atom stereocenters. The maximum atomic E-state index is 11.3. The van der Waals surface area contributed by atoms with Crippen LogP contribution < -0.4 is 0 Å². The van der Waals surface area contributed by atoms with E-state index in [1.165, 1.54) is 19.3 Å². The molecule has 2 aliphatic carbocycles. The second-order valence-electron chi connectivity index (χ2n) is 4.16. The van der Waals surface area contributed by atoms with Gasteiger partial charge < -0.3 is 4.74 Å². The molecule has 0 aromatic carbocycles. The molecule has 11 heavy (non-hydrogen) atoms. The quantitative estimate of drug-likeness (QED) is 0.517. The number of Topliss-reactive ketones (excluding diaryl/α,β-unsaturated/α-hetero) is 1. The Bertz CT molecular complexity index is 212. The summed E-state index contributed by atoms with van der Waals surface area (Å²) >= 11 is 0. The number of rotatable bonds is 0. The summed E-state index contributed by atoms with van der Waals surface area (Å²) in [4.78, 5) is 11.3. The first-order valence-corrected chi connectivity index (χ1v) is 4.49. The van der Waals surface area contributed by atoms with Crippen LogP contribution in [0.4, 0.5) is 0 Å².